The fourth-order valence-corrected chi connectivity index (χ4v) is 2.72. The summed E-state index contributed by atoms with van der Waals surface area (Å²) in [4.78, 5) is 11.9. The zero-order valence-electron chi connectivity index (χ0n) is 14.8. The molecule has 134 valence electrons. The number of rotatable bonds is 8. The van der Waals surface area contributed by atoms with Crippen LogP contribution in [-0.2, 0) is 14.3 Å². The summed E-state index contributed by atoms with van der Waals surface area (Å²) >= 11 is 0. The quantitative estimate of drug-likeness (QED) is 0.766. The lowest BCUT2D eigenvalue weighted by Crippen LogP contribution is -2.33. The van der Waals surface area contributed by atoms with Crippen molar-refractivity contribution in [3.63, 3.8) is 0 Å². The maximum atomic E-state index is 11.9. The van der Waals surface area contributed by atoms with Crippen molar-refractivity contribution in [3.8, 4) is 0 Å². The van der Waals surface area contributed by atoms with Crippen LogP contribution in [-0.4, -0.2) is 38.4 Å². The standard InChI is InChI=1S/C19H30N2O3/c1-14(2)15-3-5-16(6-4-15)18(20)13-21-19(22)9-12-24-17-7-10-23-11-8-17/h3-6,14,17-18H,7-13,20H2,1-2H3,(H,21,22). The van der Waals surface area contributed by atoms with Crippen LogP contribution in [0, 0.1) is 0 Å². The van der Waals surface area contributed by atoms with Gasteiger partial charge in [0.15, 0.2) is 0 Å². The molecule has 1 aliphatic heterocycles. The topological polar surface area (TPSA) is 73.6 Å². The van der Waals surface area contributed by atoms with Gasteiger partial charge in [-0.3, -0.25) is 4.79 Å². The molecule has 1 aliphatic rings. The average molecular weight is 334 g/mol. The van der Waals surface area contributed by atoms with Crippen molar-refractivity contribution in [1.82, 2.24) is 5.32 Å². The van der Waals surface area contributed by atoms with Gasteiger partial charge in [0.25, 0.3) is 0 Å². The molecule has 1 fully saturated rings. The van der Waals surface area contributed by atoms with Crippen LogP contribution in [0.5, 0.6) is 0 Å². The molecule has 5 nitrogen and oxygen atoms in total. The molecular formula is C19H30N2O3. The van der Waals surface area contributed by atoms with Gasteiger partial charge in [-0.15, -0.1) is 0 Å². The SMILES string of the molecule is CC(C)c1ccc(C(N)CNC(=O)CCOC2CCOCC2)cc1. The summed E-state index contributed by atoms with van der Waals surface area (Å²) in [6.45, 7) is 6.73. The van der Waals surface area contributed by atoms with Crippen molar-refractivity contribution in [2.24, 2.45) is 5.73 Å². The van der Waals surface area contributed by atoms with E-state index < -0.39 is 0 Å². The Labute approximate surface area is 144 Å². The number of hydrogen-bond acceptors (Lipinski definition) is 4. The van der Waals surface area contributed by atoms with E-state index in [0.29, 0.717) is 25.5 Å². The highest BCUT2D eigenvalue weighted by Gasteiger charge is 2.15. The lowest BCUT2D eigenvalue weighted by Gasteiger charge is -2.22. The molecule has 0 aromatic heterocycles. The summed E-state index contributed by atoms with van der Waals surface area (Å²) in [5.74, 6) is 0.488. The predicted molar refractivity (Wildman–Crippen MR) is 94.9 cm³/mol. The molecular weight excluding hydrogens is 304 g/mol. The summed E-state index contributed by atoms with van der Waals surface area (Å²) in [6.07, 6.45) is 2.43. The summed E-state index contributed by atoms with van der Waals surface area (Å²) in [5, 5.41) is 2.89. The molecule has 2 rings (SSSR count). The minimum Gasteiger partial charge on any atom is -0.381 e. The summed E-state index contributed by atoms with van der Waals surface area (Å²) in [5.41, 5.74) is 8.49. The molecule has 24 heavy (non-hydrogen) atoms. The first kappa shape index (κ1) is 18.9. The van der Waals surface area contributed by atoms with Crippen LogP contribution in [0.3, 0.4) is 0 Å². The second-order valence-corrected chi connectivity index (χ2v) is 6.66. The fourth-order valence-electron chi connectivity index (χ4n) is 2.72. The van der Waals surface area contributed by atoms with Gasteiger partial charge in [-0.25, -0.2) is 0 Å². The zero-order chi connectivity index (χ0) is 17.4. The largest absolute Gasteiger partial charge is 0.381 e. The normalized spacial score (nSPS) is 17.0. The van der Waals surface area contributed by atoms with E-state index >= 15 is 0 Å². The molecule has 1 atom stereocenters. The minimum absolute atomic E-state index is 0.0173. The molecule has 0 saturated carbocycles. The first-order valence-electron chi connectivity index (χ1n) is 8.87. The summed E-state index contributed by atoms with van der Waals surface area (Å²) in [6, 6.07) is 8.10. The molecule has 1 aromatic rings. The second kappa shape index (κ2) is 9.77. The second-order valence-electron chi connectivity index (χ2n) is 6.66. The third kappa shape index (κ3) is 6.23. The van der Waals surface area contributed by atoms with Crippen LogP contribution < -0.4 is 11.1 Å². The van der Waals surface area contributed by atoms with Gasteiger partial charge in [0.05, 0.1) is 12.7 Å². The first-order chi connectivity index (χ1) is 11.6. The van der Waals surface area contributed by atoms with E-state index in [-0.39, 0.29) is 18.1 Å². The molecule has 0 radical (unpaired) electrons. The number of nitrogens with two attached hydrogens (primary N) is 1. The Morgan fingerprint density at radius 1 is 1.25 bits per heavy atom. The number of hydrogen-bond donors (Lipinski definition) is 2. The number of benzene rings is 1. The Bertz CT molecular complexity index is 496. The fraction of sp³-hybridized carbons (Fsp3) is 0.632. The molecule has 1 amide bonds. The van der Waals surface area contributed by atoms with Crippen LogP contribution in [0.1, 0.15) is 56.2 Å². The monoisotopic (exact) mass is 334 g/mol. The van der Waals surface area contributed by atoms with E-state index in [1.807, 2.05) is 12.1 Å². The van der Waals surface area contributed by atoms with Gasteiger partial charge in [-0.1, -0.05) is 38.1 Å². The van der Waals surface area contributed by atoms with E-state index in [2.05, 4.69) is 31.3 Å². The molecule has 0 bridgehead atoms. The molecule has 0 aliphatic carbocycles. The van der Waals surface area contributed by atoms with Gasteiger partial charge in [0, 0.05) is 32.2 Å². The highest BCUT2D eigenvalue weighted by Crippen LogP contribution is 2.17. The Kier molecular flexibility index (Phi) is 7.69. The van der Waals surface area contributed by atoms with Gasteiger partial charge in [0.1, 0.15) is 0 Å². The van der Waals surface area contributed by atoms with Crippen molar-refractivity contribution in [1.29, 1.82) is 0 Å². The zero-order valence-corrected chi connectivity index (χ0v) is 14.8. The van der Waals surface area contributed by atoms with Crippen LogP contribution in [0.2, 0.25) is 0 Å². The van der Waals surface area contributed by atoms with Crippen LogP contribution >= 0.6 is 0 Å². The van der Waals surface area contributed by atoms with E-state index in [1.165, 1.54) is 5.56 Å². The highest BCUT2D eigenvalue weighted by atomic mass is 16.5. The van der Waals surface area contributed by atoms with Crippen molar-refractivity contribution < 1.29 is 14.3 Å². The van der Waals surface area contributed by atoms with Gasteiger partial charge in [-0.2, -0.15) is 0 Å². The number of carbonyl (C=O) groups excluding carboxylic acids is 1. The number of carbonyl (C=O) groups is 1. The Morgan fingerprint density at radius 3 is 2.50 bits per heavy atom. The molecule has 1 unspecified atom stereocenters. The van der Waals surface area contributed by atoms with Gasteiger partial charge in [-0.05, 0) is 29.9 Å². The Balaban J connectivity index is 1.65. The number of ether oxygens (including phenoxy) is 2. The Hall–Kier alpha value is -1.43. The molecule has 3 N–H and O–H groups in total. The minimum atomic E-state index is -0.188. The molecule has 1 saturated heterocycles. The van der Waals surface area contributed by atoms with E-state index in [4.69, 9.17) is 15.2 Å². The van der Waals surface area contributed by atoms with Crippen LogP contribution in [0.25, 0.3) is 0 Å². The molecule has 1 heterocycles. The lowest BCUT2D eigenvalue weighted by atomic mass is 9.99. The third-order valence-corrected chi connectivity index (χ3v) is 4.40. The smallest absolute Gasteiger partial charge is 0.222 e. The lowest BCUT2D eigenvalue weighted by molar-refractivity contribution is -0.123. The van der Waals surface area contributed by atoms with Gasteiger partial charge in [0.2, 0.25) is 5.91 Å². The van der Waals surface area contributed by atoms with E-state index in [0.717, 1.165) is 31.6 Å². The number of nitrogens with one attached hydrogen (secondary N) is 1. The average Bonchev–Trinajstić information content (AvgIpc) is 2.60. The van der Waals surface area contributed by atoms with Crippen molar-refractivity contribution in [2.75, 3.05) is 26.4 Å². The van der Waals surface area contributed by atoms with Crippen molar-refractivity contribution in [2.45, 2.75) is 51.2 Å². The molecule has 1 aromatic carbocycles. The van der Waals surface area contributed by atoms with Crippen molar-refractivity contribution >= 4 is 5.91 Å². The van der Waals surface area contributed by atoms with E-state index in [1.54, 1.807) is 0 Å². The molecule has 0 spiro atoms. The highest BCUT2D eigenvalue weighted by molar-refractivity contribution is 5.76. The van der Waals surface area contributed by atoms with Gasteiger partial charge >= 0.3 is 0 Å². The summed E-state index contributed by atoms with van der Waals surface area (Å²) < 4.78 is 11.0. The summed E-state index contributed by atoms with van der Waals surface area (Å²) in [7, 11) is 0. The Morgan fingerprint density at radius 2 is 1.88 bits per heavy atom. The third-order valence-electron chi connectivity index (χ3n) is 4.40. The van der Waals surface area contributed by atoms with Crippen molar-refractivity contribution in [3.05, 3.63) is 35.4 Å². The van der Waals surface area contributed by atoms with Crippen LogP contribution in [0.15, 0.2) is 24.3 Å². The molecule has 5 heteroatoms. The first-order valence-corrected chi connectivity index (χ1v) is 8.87. The number of amides is 1. The maximum Gasteiger partial charge on any atom is 0.222 e. The van der Waals surface area contributed by atoms with Crippen LogP contribution in [0.4, 0.5) is 0 Å². The predicted octanol–water partition coefficient (Wildman–Crippen LogP) is 2.51. The van der Waals surface area contributed by atoms with E-state index in [9.17, 15) is 4.79 Å². The van der Waals surface area contributed by atoms with Gasteiger partial charge < -0.3 is 20.5 Å². The maximum absolute atomic E-state index is 11.9.